The quantitative estimate of drug-likeness (QED) is 0.841. The lowest BCUT2D eigenvalue weighted by molar-refractivity contribution is 0.0742. The van der Waals surface area contributed by atoms with Gasteiger partial charge in [0, 0.05) is 17.6 Å². The minimum Gasteiger partial charge on any atom is -0.335 e. The maximum absolute atomic E-state index is 13.7. The lowest BCUT2D eigenvalue weighted by Crippen LogP contribution is -2.34. The topological polar surface area (TPSA) is 44.1 Å². The van der Waals surface area contributed by atoms with Crippen molar-refractivity contribution in [2.24, 2.45) is 0 Å². The predicted octanol–water partition coefficient (Wildman–Crippen LogP) is 3.00. The van der Waals surface area contributed by atoms with Gasteiger partial charge in [0.2, 0.25) is 0 Å². The van der Waals surface area contributed by atoms with Gasteiger partial charge in [0.05, 0.1) is 18.1 Å². The van der Waals surface area contributed by atoms with Gasteiger partial charge in [0.25, 0.3) is 5.91 Å². The number of benzene rings is 1. The molecule has 5 heteroatoms. The number of hydrogen-bond donors (Lipinski definition) is 0. The summed E-state index contributed by atoms with van der Waals surface area (Å²) in [5, 5.41) is 8.84. The molecule has 18 heavy (non-hydrogen) atoms. The second-order valence-electron chi connectivity index (χ2n) is 4.26. The van der Waals surface area contributed by atoms with Gasteiger partial charge in [0.15, 0.2) is 0 Å². The molecule has 0 N–H and O–H groups in total. The molecule has 0 spiro atoms. The van der Waals surface area contributed by atoms with E-state index >= 15 is 0 Å². The average Bonchev–Trinajstić information content (AvgIpc) is 3.13. The van der Waals surface area contributed by atoms with Crippen LogP contribution in [0, 0.1) is 17.1 Å². The fraction of sp³-hybridized carbons (Fsp3) is 0.385. The van der Waals surface area contributed by atoms with E-state index in [4.69, 9.17) is 16.9 Å². The molecule has 0 aliphatic heterocycles. The monoisotopic (exact) mass is 266 g/mol. The van der Waals surface area contributed by atoms with E-state index in [0.717, 1.165) is 18.9 Å². The first-order chi connectivity index (χ1) is 8.63. The maximum atomic E-state index is 13.7. The Hall–Kier alpha value is -1.60. The molecular formula is C13H12ClFN2O. The number of rotatable bonds is 4. The molecule has 0 atom stereocenters. The normalized spacial score (nSPS) is 14.1. The molecule has 1 aromatic rings. The number of carbonyl (C=O) groups excluding carboxylic acids is 1. The zero-order valence-electron chi connectivity index (χ0n) is 9.70. The number of amides is 1. The van der Waals surface area contributed by atoms with Gasteiger partial charge in [-0.15, -0.1) is 0 Å². The molecule has 1 aliphatic carbocycles. The van der Waals surface area contributed by atoms with Gasteiger partial charge in [-0.05, 0) is 31.0 Å². The van der Waals surface area contributed by atoms with E-state index < -0.39 is 5.82 Å². The lowest BCUT2D eigenvalue weighted by Gasteiger charge is -2.21. The van der Waals surface area contributed by atoms with Crippen LogP contribution in [0.1, 0.15) is 29.6 Å². The Labute approximate surface area is 110 Å². The van der Waals surface area contributed by atoms with Crippen LogP contribution in [0.25, 0.3) is 0 Å². The number of carbonyl (C=O) groups is 1. The highest BCUT2D eigenvalue weighted by atomic mass is 35.5. The first kappa shape index (κ1) is 12.8. The lowest BCUT2D eigenvalue weighted by atomic mass is 10.1. The van der Waals surface area contributed by atoms with E-state index in [1.54, 1.807) is 4.90 Å². The summed E-state index contributed by atoms with van der Waals surface area (Å²) in [6.45, 7) is 0.349. The van der Waals surface area contributed by atoms with E-state index in [1.165, 1.54) is 12.1 Å². The summed E-state index contributed by atoms with van der Waals surface area (Å²) in [7, 11) is 0. The van der Waals surface area contributed by atoms with Crippen LogP contribution in [0.15, 0.2) is 18.2 Å². The predicted molar refractivity (Wildman–Crippen MR) is 65.7 cm³/mol. The summed E-state index contributed by atoms with van der Waals surface area (Å²) < 4.78 is 13.7. The molecule has 1 fully saturated rings. The van der Waals surface area contributed by atoms with Gasteiger partial charge >= 0.3 is 0 Å². The van der Waals surface area contributed by atoms with Crippen molar-refractivity contribution in [2.45, 2.75) is 25.3 Å². The van der Waals surface area contributed by atoms with Crippen LogP contribution in [0.3, 0.4) is 0 Å². The first-order valence-corrected chi connectivity index (χ1v) is 6.14. The van der Waals surface area contributed by atoms with Crippen LogP contribution in [0.2, 0.25) is 5.02 Å². The van der Waals surface area contributed by atoms with Gasteiger partial charge in [0.1, 0.15) is 5.82 Å². The largest absolute Gasteiger partial charge is 0.335 e. The SMILES string of the molecule is N#CCCN(C(=O)c1ccc(Cl)cc1F)C1CC1. The molecule has 3 nitrogen and oxygen atoms in total. The Morgan fingerprint density at radius 3 is 2.83 bits per heavy atom. The zero-order chi connectivity index (χ0) is 13.1. The molecule has 94 valence electrons. The van der Waals surface area contributed by atoms with Crippen LogP contribution in [0.5, 0.6) is 0 Å². The van der Waals surface area contributed by atoms with Crippen LogP contribution in [-0.4, -0.2) is 23.4 Å². The van der Waals surface area contributed by atoms with Crippen molar-refractivity contribution in [3.63, 3.8) is 0 Å². The van der Waals surface area contributed by atoms with Crippen LogP contribution in [-0.2, 0) is 0 Å². The van der Waals surface area contributed by atoms with Gasteiger partial charge in [-0.1, -0.05) is 11.6 Å². The molecule has 0 saturated heterocycles. The van der Waals surface area contributed by atoms with Gasteiger partial charge < -0.3 is 4.90 Å². The fourth-order valence-corrected chi connectivity index (χ4v) is 1.98. The van der Waals surface area contributed by atoms with E-state index in [2.05, 4.69) is 0 Å². The standard InChI is InChI=1S/C13H12ClFN2O/c14-9-2-5-11(12(15)8-9)13(18)17(7-1-6-16)10-3-4-10/h2,5,8,10H,1,3-4,7H2. The highest BCUT2D eigenvalue weighted by Crippen LogP contribution is 2.29. The highest BCUT2D eigenvalue weighted by Gasteiger charge is 2.33. The Bertz CT molecular complexity index is 508. The Balaban J connectivity index is 2.19. The minimum atomic E-state index is -0.616. The number of halogens is 2. The third kappa shape index (κ3) is 2.80. The average molecular weight is 267 g/mol. The van der Waals surface area contributed by atoms with Crippen molar-refractivity contribution >= 4 is 17.5 Å². The van der Waals surface area contributed by atoms with Crippen LogP contribution < -0.4 is 0 Å². The molecule has 1 aromatic carbocycles. The summed E-state index contributed by atoms with van der Waals surface area (Å²) in [5.41, 5.74) is 0.0178. The van der Waals surface area contributed by atoms with Gasteiger partial charge in [-0.2, -0.15) is 5.26 Å². The number of nitrogens with zero attached hydrogens (tertiary/aromatic N) is 2. The molecule has 1 amide bonds. The number of hydrogen-bond acceptors (Lipinski definition) is 2. The van der Waals surface area contributed by atoms with Crippen molar-refractivity contribution in [3.05, 3.63) is 34.6 Å². The summed E-state index contributed by atoms with van der Waals surface area (Å²) >= 11 is 5.65. The van der Waals surface area contributed by atoms with Crippen molar-refractivity contribution in [3.8, 4) is 6.07 Å². The molecular weight excluding hydrogens is 255 g/mol. The molecule has 0 bridgehead atoms. The summed E-state index contributed by atoms with van der Waals surface area (Å²) in [5.74, 6) is -0.975. The molecule has 1 saturated carbocycles. The molecule has 2 rings (SSSR count). The van der Waals surface area contributed by atoms with Crippen molar-refractivity contribution in [2.75, 3.05) is 6.54 Å². The van der Waals surface area contributed by atoms with E-state index in [1.807, 2.05) is 6.07 Å². The Morgan fingerprint density at radius 1 is 1.56 bits per heavy atom. The number of nitriles is 1. The van der Waals surface area contributed by atoms with Crippen molar-refractivity contribution in [1.29, 1.82) is 5.26 Å². The van der Waals surface area contributed by atoms with Gasteiger partial charge in [-0.25, -0.2) is 4.39 Å². The minimum absolute atomic E-state index is 0.0178. The zero-order valence-corrected chi connectivity index (χ0v) is 10.5. The first-order valence-electron chi connectivity index (χ1n) is 5.76. The molecule has 0 radical (unpaired) electrons. The highest BCUT2D eigenvalue weighted by molar-refractivity contribution is 6.30. The van der Waals surface area contributed by atoms with Gasteiger partial charge in [-0.3, -0.25) is 4.79 Å². The molecule has 0 unspecified atom stereocenters. The molecule has 0 heterocycles. The maximum Gasteiger partial charge on any atom is 0.257 e. The Morgan fingerprint density at radius 2 is 2.28 bits per heavy atom. The third-order valence-electron chi connectivity index (χ3n) is 2.87. The van der Waals surface area contributed by atoms with E-state index in [9.17, 15) is 9.18 Å². The summed E-state index contributed by atoms with van der Waals surface area (Å²) in [6.07, 6.45) is 2.11. The summed E-state index contributed by atoms with van der Waals surface area (Å²) in [6, 6.07) is 6.17. The van der Waals surface area contributed by atoms with Crippen LogP contribution >= 0.6 is 11.6 Å². The Kier molecular flexibility index (Phi) is 3.83. The molecule has 1 aliphatic rings. The van der Waals surface area contributed by atoms with Crippen molar-refractivity contribution < 1.29 is 9.18 Å². The van der Waals surface area contributed by atoms with Crippen LogP contribution in [0.4, 0.5) is 4.39 Å². The third-order valence-corrected chi connectivity index (χ3v) is 3.11. The fourth-order valence-electron chi connectivity index (χ4n) is 1.82. The summed E-state index contributed by atoms with van der Waals surface area (Å²) in [4.78, 5) is 13.8. The second kappa shape index (κ2) is 5.36. The van der Waals surface area contributed by atoms with Crippen molar-refractivity contribution in [1.82, 2.24) is 4.90 Å². The smallest absolute Gasteiger partial charge is 0.257 e. The second-order valence-corrected chi connectivity index (χ2v) is 4.70. The van der Waals surface area contributed by atoms with E-state index in [0.29, 0.717) is 6.54 Å². The van der Waals surface area contributed by atoms with E-state index in [-0.39, 0.29) is 29.0 Å². The molecule has 0 aromatic heterocycles.